The smallest absolute Gasteiger partial charge is 0.323 e. The number of carbonyl (C=O) groups is 1. The van der Waals surface area contributed by atoms with Crippen molar-refractivity contribution in [3.8, 4) is 0 Å². The number of amides is 2. The van der Waals surface area contributed by atoms with Crippen LogP contribution in [-0.4, -0.2) is 52.2 Å². The van der Waals surface area contributed by atoms with Crippen molar-refractivity contribution in [3.05, 3.63) is 11.6 Å². The van der Waals surface area contributed by atoms with Gasteiger partial charge in [-0.2, -0.15) is 0 Å². The number of thioether (sulfide) groups is 1. The summed E-state index contributed by atoms with van der Waals surface area (Å²) in [5, 5.41) is 13.9. The quantitative estimate of drug-likeness (QED) is 0.710. The van der Waals surface area contributed by atoms with Crippen molar-refractivity contribution in [3.63, 3.8) is 0 Å². The highest BCUT2D eigenvalue weighted by molar-refractivity contribution is 8.02. The Balaban J connectivity index is 1.92. The second-order valence-electron chi connectivity index (χ2n) is 3.60. The molecule has 1 atom stereocenters. The van der Waals surface area contributed by atoms with E-state index in [-0.39, 0.29) is 17.6 Å². The third-order valence-electron chi connectivity index (χ3n) is 2.43. The first-order chi connectivity index (χ1) is 7.22. The maximum Gasteiger partial charge on any atom is 0.323 e. The minimum Gasteiger partial charge on any atom is -0.390 e. The van der Waals surface area contributed by atoms with Crippen LogP contribution in [0.2, 0.25) is 0 Å². The van der Waals surface area contributed by atoms with E-state index in [0.717, 1.165) is 0 Å². The van der Waals surface area contributed by atoms with Gasteiger partial charge in [0, 0.05) is 25.8 Å². The van der Waals surface area contributed by atoms with Crippen molar-refractivity contribution in [1.82, 2.24) is 15.1 Å². The van der Waals surface area contributed by atoms with E-state index in [0.29, 0.717) is 19.6 Å². The Morgan fingerprint density at radius 3 is 3.00 bits per heavy atom. The lowest BCUT2D eigenvalue weighted by Crippen LogP contribution is -2.59. The molecule has 0 bridgehead atoms. The van der Waals surface area contributed by atoms with E-state index in [1.165, 1.54) is 0 Å². The first-order valence-corrected chi connectivity index (χ1v) is 5.97. The van der Waals surface area contributed by atoms with E-state index in [2.05, 4.69) is 10.2 Å². The summed E-state index contributed by atoms with van der Waals surface area (Å²) in [6, 6.07) is -0.0786. The molecule has 6 heteroatoms. The lowest BCUT2D eigenvalue weighted by atomic mass is 10.2. The third-order valence-corrected chi connectivity index (χ3v) is 3.47. The molecule has 2 heterocycles. The summed E-state index contributed by atoms with van der Waals surface area (Å²) in [5.41, 5.74) is 0.0138. The molecule has 0 radical (unpaired) electrons. The molecule has 0 aromatic rings. The molecule has 0 aromatic carbocycles. The number of likely N-dealkylation sites (tertiary alicyclic amines) is 1. The fraction of sp³-hybridized carbons (Fsp3) is 0.667. The highest BCUT2D eigenvalue weighted by Crippen LogP contribution is 2.31. The predicted octanol–water partition coefficient (Wildman–Crippen LogP) is 0.196. The third kappa shape index (κ3) is 2.11. The van der Waals surface area contributed by atoms with E-state index >= 15 is 0 Å². The predicted molar refractivity (Wildman–Crippen MR) is 59.0 cm³/mol. The highest BCUT2D eigenvalue weighted by Gasteiger charge is 2.37. The Morgan fingerprint density at radius 2 is 2.40 bits per heavy atom. The number of β-amino-alcohol motifs (C(OH)–C–C–N with tert-alkyl or cyclic N) is 1. The second kappa shape index (κ2) is 4.42. The Hall–Kier alpha value is -0.720. The molecule has 2 amide bonds. The summed E-state index contributed by atoms with van der Waals surface area (Å²) in [6.45, 7) is 3.82. The van der Waals surface area contributed by atoms with Gasteiger partial charge in [0.2, 0.25) is 0 Å². The van der Waals surface area contributed by atoms with E-state index in [1.807, 2.05) is 12.3 Å². The van der Waals surface area contributed by atoms with E-state index < -0.39 is 0 Å². The largest absolute Gasteiger partial charge is 0.390 e. The van der Waals surface area contributed by atoms with Crippen LogP contribution < -0.4 is 5.32 Å². The topological polar surface area (TPSA) is 55.8 Å². The van der Waals surface area contributed by atoms with Gasteiger partial charge in [-0.25, -0.2) is 4.79 Å². The molecule has 1 unspecified atom stereocenters. The van der Waals surface area contributed by atoms with Gasteiger partial charge in [-0.1, -0.05) is 11.8 Å². The van der Waals surface area contributed by atoms with Crippen molar-refractivity contribution >= 4 is 17.8 Å². The van der Waals surface area contributed by atoms with Crippen LogP contribution in [0.1, 0.15) is 6.92 Å². The second-order valence-corrected chi connectivity index (χ2v) is 4.56. The number of aliphatic hydroxyl groups is 1. The Morgan fingerprint density at radius 1 is 1.67 bits per heavy atom. The number of hydrogen-bond acceptors (Lipinski definition) is 4. The van der Waals surface area contributed by atoms with Crippen molar-refractivity contribution < 1.29 is 9.90 Å². The summed E-state index contributed by atoms with van der Waals surface area (Å²) in [4.78, 5) is 15.4. The molecule has 2 rings (SSSR count). The van der Waals surface area contributed by atoms with Crippen LogP contribution in [0, 0.1) is 0 Å². The van der Waals surface area contributed by atoms with Crippen LogP contribution in [0.5, 0.6) is 0 Å². The summed E-state index contributed by atoms with van der Waals surface area (Å²) >= 11 is 1.59. The molecule has 2 aliphatic heterocycles. The van der Waals surface area contributed by atoms with Gasteiger partial charge < -0.3 is 10.4 Å². The van der Waals surface area contributed by atoms with E-state index in [1.54, 1.807) is 22.9 Å². The molecule has 0 aromatic heterocycles. The zero-order valence-electron chi connectivity index (χ0n) is 8.59. The number of urea groups is 1. The van der Waals surface area contributed by atoms with Crippen molar-refractivity contribution in [1.29, 1.82) is 0 Å². The van der Waals surface area contributed by atoms with Gasteiger partial charge in [0.1, 0.15) is 5.50 Å². The van der Waals surface area contributed by atoms with E-state index in [9.17, 15) is 9.90 Å². The monoisotopic (exact) mass is 229 g/mol. The fourth-order valence-electron chi connectivity index (χ4n) is 1.65. The minimum absolute atomic E-state index is 0.0138. The van der Waals surface area contributed by atoms with Crippen LogP contribution in [0.25, 0.3) is 0 Å². The maximum absolute atomic E-state index is 11.6. The Labute approximate surface area is 93.1 Å². The maximum atomic E-state index is 11.6. The van der Waals surface area contributed by atoms with Crippen LogP contribution in [0.3, 0.4) is 0 Å². The normalized spacial score (nSPS) is 26.8. The van der Waals surface area contributed by atoms with Crippen LogP contribution >= 0.6 is 11.8 Å². The summed E-state index contributed by atoms with van der Waals surface area (Å²) in [7, 11) is 0. The summed E-state index contributed by atoms with van der Waals surface area (Å²) in [6.07, 6.45) is 1.55. The average Bonchev–Trinajstić information content (AvgIpc) is 2.61. The summed E-state index contributed by atoms with van der Waals surface area (Å²) in [5.74, 6) is 0. The van der Waals surface area contributed by atoms with Gasteiger partial charge in [-0.05, 0) is 12.3 Å². The Kier molecular flexibility index (Phi) is 3.18. The number of nitrogens with zero attached hydrogens (tertiary/aromatic N) is 2. The molecule has 0 aliphatic carbocycles. The van der Waals surface area contributed by atoms with Crippen LogP contribution in [-0.2, 0) is 0 Å². The first-order valence-electron chi connectivity index (χ1n) is 5.02. The molecule has 5 nitrogen and oxygen atoms in total. The zero-order valence-corrected chi connectivity index (χ0v) is 9.41. The van der Waals surface area contributed by atoms with E-state index in [4.69, 9.17) is 0 Å². The highest BCUT2D eigenvalue weighted by atomic mass is 32.2. The number of nitrogens with one attached hydrogen (secondary N) is 1. The van der Waals surface area contributed by atoms with Crippen molar-refractivity contribution in [2.45, 2.75) is 18.5 Å². The molecule has 0 saturated carbocycles. The average molecular weight is 229 g/mol. The molecule has 15 heavy (non-hydrogen) atoms. The molecule has 2 N–H and O–H groups in total. The lowest BCUT2D eigenvalue weighted by molar-refractivity contribution is -0.0248. The molecule has 0 spiro atoms. The lowest BCUT2D eigenvalue weighted by Gasteiger charge is -2.42. The summed E-state index contributed by atoms with van der Waals surface area (Å²) < 4.78 is 0. The fourth-order valence-corrected chi connectivity index (χ4v) is 2.63. The van der Waals surface area contributed by atoms with Gasteiger partial charge in [0.05, 0.1) is 6.10 Å². The minimum atomic E-state index is -0.234. The van der Waals surface area contributed by atoms with Crippen molar-refractivity contribution in [2.24, 2.45) is 0 Å². The number of rotatable bonds is 2. The number of hydrogen-bond donors (Lipinski definition) is 2. The molecule has 1 fully saturated rings. The molecule has 1 saturated heterocycles. The van der Waals surface area contributed by atoms with Gasteiger partial charge in [-0.3, -0.25) is 9.80 Å². The number of carbonyl (C=O) groups excluding carboxylic acids is 1. The standard InChI is InChI=1S/C9H15N3O2S/c1-2-10-8(14)12-3-4-15-9(12)11-5-7(13)6-11/h3-4,7,9,13H,2,5-6H2,1H3,(H,10,14). The van der Waals surface area contributed by atoms with Crippen LogP contribution in [0.4, 0.5) is 4.79 Å². The first kappa shape index (κ1) is 10.8. The molecule has 84 valence electrons. The molecular formula is C9H15N3O2S. The zero-order chi connectivity index (χ0) is 10.8. The van der Waals surface area contributed by atoms with Gasteiger partial charge in [-0.15, -0.1) is 0 Å². The van der Waals surface area contributed by atoms with Crippen molar-refractivity contribution in [2.75, 3.05) is 19.6 Å². The SMILES string of the molecule is CCNC(=O)N1C=CSC1N1CC(O)C1. The van der Waals surface area contributed by atoms with Crippen LogP contribution in [0.15, 0.2) is 11.6 Å². The molecule has 2 aliphatic rings. The number of aliphatic hydroxyl groups excluding tert-OH is 1. The molecular weight excluding hydrogens is 214 g/mol. The van der Waals surface area contributed by atoms with Gasteiger partial charge in [0.25, 0.3) is 0 Å². The Bertz CT molecular complexity index is 279. The van der Waals surface area contributed by atoms with Gasteiger partial charge >= 0.3 is 6.03 Å². The van der Waals surface area contributed by atoms with Gasteiger partial charge in [0.15, 0.2) is 0 Å².